The van der Waals surface area contributed by atoms with Crippen LogP contribution in [0.15, 0.2) is 18.2 Å². The maximum absolute atomic E-state index is 12.4. The lowest BCUT2D eigenvalue weighted by Crippen LogP contribution is -2.40. The summed E-state index contributed by atoms with van der Waals surface area (Å²) in [6.07, 6.45) is 5.62. The van der Waals surface area contributed by atoms with Crippen LogP contribution in [-0.4, -0.2) is 48.3 Å². The molecule has 1 fully saturated rings. The van der Waals surface area contributed by atoms with E-state index in [1.54, 1.807) is 6.07 Å². The third-order valence-electron chi connectivity index (χ3n) is 4.41. The molecule has 24 heavy (non-hydrogen) atoms. The maximum Gasteiger partial charge on any atom is 0.341 e. The van der Waals surface area contributed by atoms with Crippen molar-refractivity contribution in [3.8, 4) is 11.5 Å². The zero-order valence-electron chi connectivity index (χ0n) is 14.8. The van der Waals surface area contributed by atoms with Crippen molar-refractivity contribution in [2.45, 2.75) is 52.0 Å². The van der Waals surface area contributed by atoms with Crippen molar-refractivity contribution in [1.82, 2.24) is 4.90 Å². The molecule has 134 valence electrons. The first-order valence-corrected chi connectivity index (χ1v) is 8.98. The molecular weight excluding hydrogens is 306 g/mol. The number of phenolic OH excluding ortho intramolecular Hbond substituents is 1. The van der Waals surface area contributed by atoms with E-state index in [0.717, 1.165) is 25.9 Å². The first-order chi connectivity index (χ1) is 11.6. The Morgan fingerprint density at radius 3 is 2.75 bits per heavy atom. The van der Waals surface area contributed by atoms with Crippen LogP contribution in [0.2, 0.25) is 0 Å². The quantitative estimate of drug-likeness (QED) is 0.581. The molecule has 1 heterocycles. The summed E-state index contributed by atoms with van der Waals surface area (Å²) in [5.41, 5.74) is 0.370. The summed E-state index contributed by atoms with van der Waals surface area (Å²) < 4.78 is 11.1. The molecule has 0 amide bonds. The zero-order chi connectivity index (χ0) is 17.4. The maximum atomic E-state index is 12.4. The van der Waals surface area contributed by atoms with Gasteiger partial charge in [0.25, 0.3) is 0 Å². The number of hydrogen-bond donors (Lipinski definition) is 1. The molecule has 1 aliphatic heterocycles. The standard InChI is InChI=1S/C19H29NO4/c1-3-4-12-23-18-13-16(21)8-9-17(18)19(22)24-14-15(2)20-10-6-5-7-11-20/h8-9,13,15,21H,3-7,10-12,14H2,1-2H3/t15-/m0/s1. The van der Waals surface area contributed by atoms with Crippen molar-refractivity contribution in [1.29, 1.82) is 0 Å². The third-order valence-corrected chi connectivity index (χ3v) is 4.41. The zero-order valence-corrected chi connectivity index (χ0v) is 14.8. The summed E-state index contributed by atoms with van der Waals surface area (Å²) in [5.74, 6) is 0.0733. The number of carbonyl (C=O) groups excluding carboxylic acids is 1. The van der Waals surface area contributed by atoms with Gasteiger partial charge in [0.15, 0.2) is 0 Å². The topological polar surface area (TPSA) is 59.0 Å². The number of carbonyl (C=O) groups is 1. The third kappa shape index (κ3) is 5.41. The minimum Gasteiger partial charge on any atom is -0.508 e. The van der Waals surface area contributed by atoms with E-state index in [2.05, 4.69) is 18.7 Å². The fourth-order valence-electron chi connectivity index (χ4n) is 2.86. The summed E-state index contributed by atoms with van der Waals surface area (Å²) in [6, 6.07) is 4.73. The molecule has 1 aromatic carbocycles. The Kier molecular flexibility index (Phi) is 7.37. The highest BCUT2D eigenvalue weighted by molar-refractivity contribution is 5.92. The first kappa shape index (κ1) is 18.6. The van der Waals surface area contributed by atoms with E-state index in [1.807, 2.05) is 0 Å². The average molecular weight is 335 g/mol. The summed E-state index contributed by atoms with van der Waals surface area (Å²) in [7, 11) is 0. The number of hydrogen-bond acceptors (Lipinski definition) is 5. The normalized spacial score (nSPS) is 16.6. The van der Waals surface area contributed by atoms with Gasteiger partial charge in [-0.05, 0) is 51.4 Å². The Morgan fingerprint density at radius 1 is 1.29 bits per heavy atom. The lowest BCUT2D eigenvalue weighted by Gasteiger charge is -2.31. The van der Waals surface area contributed by atoms with Crippen LogP contribution in [0.5, 0.6) is 11.5 Å². The fourth-order valence-corrected chi connectivity index (χ4v) is 2.86. The van der Waals surface area contributed by atoms with Gasteiger partial charge < -0.3 is 14.6 Å². The van der Waals surface area contributed by atoms with Crippen molar-refractivity contribution in [3.05, 3.63) is 23.8 Å². The molecule has 0 aromatic heterocycles. The van der Waals surface area contributed by atoms with Crippen molar-refractivity contribution in [3.63, 3.8) is 0 Å². The second-order valence-electron chi connectivity index (χ2n) is 6.43. The van der Waals surface area contributed by atoms with Gasteiger partial charge in [-0.15, -0.1) is 0 Å². The van der Waals surface area contributed by atoms with Gasteiger partial charge in [0, 0.05) is 12.1 Å². The van der Waals surface area contributed by atoms with Crippen LogP contribution >= 0.6 is 0 Å². The highest BCUT2D eigenvalue weighted by atomic mass is 16.5. The predicted molar refractivity (Wildman–Crippen MR) is 93.7 cm³/mol. The van der Waals surface area contributed by atoms with Crippen molar-refractivity contribution < 1.29 is 19.4 Å². The Labute approximate surface area is 144 Å². The van der Waals surface area contributed by atoms with Crippen LogP contribution < -0.4 is 4.74 Å². The minimum atomic E-state index is -0.398. The number of nitrogens with zero attached hydrogens (tertiary/aromatic N) is 1. The molecular formula is C19H29NO4. The van der Waals surface area contributed by atoms with Crippen LogP contribution in [-0.2, 0) is 4.74 Å². The van der Waals surface area contributed by atoms with Crippen molar-refractivity contribution in [2.24, 2.45) is 0 Å². The van der Waals surface area contributed by atoms with Gasteiger partial charge in [0.2, 0.25) is 0 Å². The number of likely N-dealkylation sites (tertiary alicyclic amines) is 1. The SMILES string of the molecule is CCCCOc1cc(O)ccc1C(=O)OC[C@H](C)N1CCCCC1. The van der Waals surface area contributed by atoms with Crippen LogP contribution in [0.4, 0.5) is 0 Å². The Bertz CT molecular complexity index is 526. The van der Waals surface area contributed by atoms with Gasteiger partial charge >= 0.3 is 5.97 Å². The molecule has 1 N–H and O–H groups in total. The van der Waals surface area contributed by atoms with Crippen LogP contribution in [0.25, 0.3) is 0 Å². The molecule has 1 aliphatic rings. The Balaban J connectivity index is 1.93. The summed E-state index contributed by atoms with van der Waals surface area (Å²) in [6.45, 7) is 7.20. The van der Waals surface area contributed by atoms with Gasteiger partial charge in [-0.25, -0.2) is 4.79 Å². The molecule has 5 heteroatoms. The summed E-state index contributed by atoms with van der Waals surface area (Å²) in [4.78, 5) is 14.8. The molecule has 5 nitrogen and oxygen atoms in total. The number of ether oxygens (including phenoxy) is 2. The summed E-state index contributed by atoms with van der Waals surface area (Å²) >= 11 is 0. The van der Waals surface area contributed by atoms with E-state index in [4.69, 9.17) is 9.47 Å². The number of phenols is 1. The van der Waals surface area contributed by atoms with Gasteiger partial charge in [-0.2, -0.15) is 0 Å². The summed E-state index contributed by atoms with van der Waals surface area (Å²) in [5, 5.41) is 9.63. The number of benzene rings is 1. The molecule has 2 rings (SSSR count). The molecule has 0 spiro atoms. The molecule has 0 saturated carbocycles. The number of esters is 1. The van der Waals surface area contributed by atoms with Crippen molar-refractivity contribution in [2.75, 3.05) is 26.3 Å². The molecule has 0 aliphatic carbocycles. The van der Waals surface area contributed by atoms with E-state index < -0.39 is 5.97 Å². The smallest absolute Gasteiger partial charge is 0.341 e. The van der Waals surface area contributed by atoms with E-state index in [0.29, 0.717) is 24.5 Å². The molecule has 0 bridgehead atoms. The Morgan fingerprint density at radius 2 is 2.04 bits per heavy atom. The van der Waals surface area contributed by atoms with Gasteiger partial charge in [0.1, 0.15) is 23.7 Å². The molecule has 0 radical (unpaired) electrons. The lowest BCUT2D eigenvalue weighted by atomic mass is 10.1. The van der Waals surface area contributed by atoms with E-state index in [9.17, 15) is 9.90 Å². The van der Waals surface area contributed by atoms with Gasteiger partial charge in [-0.1, -0.05) is 19.8 Å². The van der Waals surface area contributed by atoms with E-state index >= 15 is 0 Å². The molecule has 1 atom stereocenters. The second kappa shape index (κ2) is 9.52. The van der Waals surface area contributed by atoms with Gasteiger partial charge in [-0.3, -0.25) is 4.90 Å². The number of piperidine rings is 1. The molecule has 1 aromatic rings. The second-order valence-corrected chi connectivity index (χ2v) is 6.43. The first-order valence-electron chi connectivity index (χ1n) is 8.98. The van der Waals surface area contributed by atoms with E-state index in [1.165, 1.54) is 31.4 Å². The predicted octanol–water partition coefficient (Wildman–Crippen LogP) is 3.60. The highest BCUT2D eigenvalue weighted by Gasteiger charge is 2.20. The minimum absolute atomic E-state index is 0.0831. The van der Waals surface area contributed by atoms with Crippen LogP contribution in [0.1, 0.15) is 56.3 Å². The largest absolute Gasteiger partial charge is 0.508 e. The number of unbranched alkanes of at least 4 members (excludes halogenated alkanes) is 1. The number of rotatable bonds is 8. The Hall–Kier alpha value is -1.75. The van der Waals surface area contributed by atoms with Gasteiger partial charge in [0.05, 0.1) is 6.61 Å². The van der Waals surface area contributed by atoms with Crippen LogP contribution in [0.3, 0.4) is 0 Å². The molecule has 1 saturated heterocycles. The average Bonchev–Trinajstić information content (AvgIpc) is 2.60. The van der Waals surface area contributed by atoms with Crippen LogP contribution in [0, 0.1) is 0 Å². The fraction of sp³-hybridized carbons (Fsp3) is 0.632. The van der Waals surface area contributed by atoms with Crippen molar-refractivity contribution >= 4 is 5.97 Å². The number of aromatic hydroxyl groups is 1. The lowest BCUT2D eigenvalue weighted by molar-refractivity contribution is 0.0343. The highest BCUT2D eigenvalue weighted by Crippen LogP contribution is 2.25. The van der Waals surface area contributed by atoms with E-state index in [-0.39, 0.29) is 11.8 Å². The monoisotopic (exact) mass is 335 g/mol. The molecule has 0 unspecified atom stereocenters.